The second-order valence-corrected chi connectivity index (χ2v) is 10.1. The molecule has 28 heavy (non-hydrogen) atoms. The van der Waals surface area contributed by atoms with E-state index in [1.807, 2.05) is 29.8 Å². The van der Waals surface area contributed by atoms with Gasteiger partial charge in [0.1, 0.15) is 28.6 Å². The average Bonchev–Trinajstić information content (AvgIpc) is 3.38. The van der Waals surface area contributed by atoms with E-state index in [4.69, 9.17) is 4.74 Å². The summed E-state index contributed by atoms with van der Waals surface area (Å²) in [6.45, 7) is 1.15. The zero-order valence-electron chi connectivity index (χ0n) is 14.6. The van der Waals surface area contributed by atoms with Crippen LogP contribution in [0.25, 0.3) is 10.2 Å². The van der Waals surface area contributed by atoms with Gasteiger partial charge in [-0.25, -0.2) is 18.4 Å². The first-order valence-corrected chi connectivity index (χ1v) is 12.0. The number of anilines is 2. The van der Waals surface area contributed by atoms with Gasteiger partial charge in [0.05, 0.1) is 33.0 Å². The smallest absolute Gasteiger partial charge is 0.185 e. The second-order valence-electron chi connectivity index (χ2n) is 6.29. The molecule has 3 heterocycles. The van der Waals surface area contributed by atoms with Crippen molar-refractivity contribution in [1.82, 2.24) is 9.97 Å². The molecule has 142 valence electrons. The highest BCUT2D eigenvalue weighted by Gasteiger charge is 2.25. The van der Waals surface area contributed by atoms with Crippen molar-refractivity contribution >= 4 is 54.1 Å². The van der Waals surface area contributed by atoms with E-state index in [1.165, 1.54) is 11.3 Å². The Hall–Kier alpha value is -2.49. The number of benzene rings is 2. The molecule has 0 fully saturated rings. The minimum atomic E-state index is -3.49. The number of sulfone groups is 1. The fraction of sp³-hybridized carbons (Fsp3) is 0.158. The molecule has 1 aliphatic rings. The fourth-order valence-electron chi connectivity index (χ4n) is 3.30. The number of nitrogens with zero attached hydrogens (tertiary/aromatic N) is 3. The first kappa shape index (κ1) is 17.6. The Kier molecular flexibility index (Phi) is 4.30. The first-order valence-electron chi connectivity index (χ1n) is 8.59. The number of rotatable bonds is 4. The molecule has 0 spiro atoms. The van der Waals surface area contributed by atoms with Crippen LogP contribution in [0.5, 0.6) is 5.75 Å². The van der Waals surface area contributed by atoms with Gasteiger partial charge in [0.25, 0.3) is 0 Å². The fourth-order valence-corrected chi connectivity index (χ4v) is 6.27. The number of ether oxygens (including phenoxy) is 1. The van der Waals surface area contributed by atoms with E-state index in [-0.39, 0.29) is 10.6 Å². The summed E-state index contributed by atoms with van der Waals surface area (Å²) in [6, 6.07) is 11.2. The SMILES string of the molecule is O=S(=O)(Cc1nccs1)c1ccc2c(c1)OCCN2c1cccc2scnc12. The van der Waals surface area contributed by atoms with Crippen molar-refractivity contribution in [2.24, 2.45) is 0 Å². The highest BCUT2D eigenvalue weighted by atomic mass is 32.2. The number of aromatic nitrogens is 2. The van der Waals surface area contributed by atoms with Gasteiger partial charge in [-0.2, -0.15) is 0 Å². The Balaban J connectivity index is 1.54. The lowest BCUT2D eigenvalue weighted by molar-refractivity contribution is 0.313. The predicted molar refractivity (Wildman–Crippen MR) is 112 cm³/mol. The van der Waals surface area contributed by atoms with Crippen molar-refractivity contribution in [2.75, 3.05) is 18.1 Å². The van der Waals surface area contributed by atoms with Gasteiger partial charge in [0.2, 0.25) is 0 Å². The van der Waals surface area contributed by atoms with E-state index in [1.54, 1.807) is 35.0 Å². The normalized spacial score (nSPS) is 14.1. The van der Waals surface area contributed by atoms with Crippen LogP contribution < -0.4 is 9.64 Å². The van der Waals surface area contributed by atoms with Gasteiger partial charge in [-0.1, -0.05) is 6.07 Å². The molecule has 4 aromatic rings. The van der Waals surface area contributed by atoms with Crippen molar-refractivity contribution in [3.63, 3.8) is 0 Å². The van der Waals surface area contributed by atoms with Crippen LogP contribution in [0, 0.1) is 0 Å². The zero-order chi connectivity index (χ0) is 19.1. The number of para-hydroxylation sites is 1. The number of thiazole rings is 2. The first-order chi connectivity index (χ1) is 13.6. The van der Waals surface area contributed by atoms with Crippen molar-refractivity contribution in [1.29, 1.82) is 0 Å². The summed E-state index contributed by atoms with van der Waals surface area (Å²) in [5.41, 5.74) is 4.63. The maximum Gasteiger partial charge on any atom is 0.185 e. The largest absolute Gasteiger partial charge is 0.489 e. The summed E-state index contributed by atoms with van der Waals surface area (Å²) in [6.07, 6.45) is 1.61. The van der Waals surface area contributed by atoms with Gasteiger partial charge in [-0.05, 0) is 24.3 Å². The van der Waals surface area contributed by atoms with E-state index in [0.29, 0.717) is 23.9 Å². The summed E-state index contributed by atoms with van der Waals surface area (Å²) < 4.78 is 32.5. The summed E-state index contributed by atoms with van der Waals surface area (Å²) >= 11 is 2.94. The van der Waals surface area contributed by atoms with Crippen LogP contribution in [0.2, 0.25) is 0 Å². The molecular formula is C19H15N3O3S3. The molecule has 1 aliphatic heterocycles. The van der Waals surface area contributed by atoms with Crippen LogP contribution in [0.3, 0.4) is 0 Å². The Labute approximate surface area is 170 Å². The van der Waals surface area contributed by atoms with Crippen molar-refractivity contribution < 1.29 is 13.2 Å². The minimum Gasteiger partial charge on any atom is -0.489 e. The summed E-state index contributed by atoms with van der Waals surface area (Å²) in [4.78, 5) is 11.0. The van der Waals surface area contributed by atoms with Crippen LogP contribution >= 0.6 is 22.7 Å². The summed E-state index contributed by atoms with van der Waals surface area (Å²) in [7, 11) is -3.49. The lowest BCUT2D eigenvalue weighted by Crippen LogP contribution is -2.28. The van der Waals surface area contributed by atoms with Crippen LogP contribution in [0.4, 0.5) is 11.4 Å². The third-order valence-electron chi connectivity index (χ3n) is 4.58. The predicted octanol–water partition coefficient (Wildman–Crippen LogP) is 4.26. The van der Waals surface area contributed by atoms with Crippen molar-refractivity contribution in [3.05, 3.63) is 58.5 Å². The molecule has 0 aliphatic carbocycles. The highest BCUT2D eigenvalue weighted by molar-refractivity contribution is 7.90. The average molecular weight is 430 g/mol. The molecule has 6 nitrogen and oxygen atoms in total. The molecular weight excluding hydrogens is 414 g/mol. The lowest BCUT2D eigenvalue weighted by Gasteiger charge is -2.31. The van der Waals surface area contributed by atoms with Gasteiger partial charge in [-0.3, -0.25) is 0 Å². The molecule has 0 amide bonds. The summed E-state index contributed by atoms with van der Waals surface area (Å²) in [5, 5.41) is 2.35. The zero-order valence-corrected chi connectivity index (χ0v) is 17.1. The highest BCUT2D eigenvalue weighted by Crippen LogP contribution is 2.41. The standard InChI is InChI=1S/C19H15N3O3S3/c23-28(24,11-18-20-6-9-26-18)13-4-5-14-16(10-13)25-8-7-22(14)15-2-1-3-17-19(15)21-12-27-17/h1-6,9-10,12H,7-8,11H2. The van der Waals surface area contributed by atoms with Gasteiger partial charge in [0.15, 0.2) is 9.84 Å². The molecule has 0 saturated heterocycles. The van der Waals surface area contributed by atoms with Crippen LogP contribution in [0.1, 0.15) is 5.01 Å². The molecule has 9 heteroatoms. The quantitative estimate of drug-likeness (QED) is 0.483. The van der Waals surface area contributed by atoms with E-state index >= 15 is 0 Å². The lowest BCUT2D eigenvalue weighted by atomic mass is 10.2. The second kappa shape index (κ2) is 6.84. The van der Waals surface area contributed by atoms with Gasteiger partial charge in [-0.15, -0.1) is 22.7 Å². The Morgan fingerprint density at radius 1 is 1.11 bits per heavy atom. The molecule has 0 N–H and O–H groups in total. The monoisotopic (exact) mass is 429 g/mol. The minimum absolute atomic E-state index is 0.106. The van der Waals surface area contributed by atoms with Crippen LogP contribution in [-0.4, -0.2) is 31.5 Å². The van der Waals surface area contributed by atoms with Crippen molar-refractivity contribution in [2.45, 2.75) is 10.6 Å². The van der Waals surface area contributed by atoms with Crippen LogP contribution in [0.15, 0.2) is 58.4 Å². The number of hydrogen-bond acceptors (Lipinski definition) is 8. The van der Waals surface area contributed by atoms with Crippen LogP contribution in [-0.2, 0) is 15.6 Å². The Morgan fingerprint density at radius 2 is 2.04 bits per heavy atom. The van der Waals surface area contributed by atoms with Crippen molar-refractivity contribution in [3.8, 4) is 5.75 Å². The number of fused-ring (bicyclic) bond motifs is 2. The molecule has 0 unspecified atom stereocenters. The van der Waals surface area contributed by atoms with E-state index in [2.05, 4.69) is 14.9 Å². The third kappa shape index (κ3) is 3.05. The van der Waals surface area contributed by atoms with Gasteiger partial charge < -0.3 is 9.64 Å². The molecule has 2 aromatic carbocycles. The van der Waals surface area contributed by atoms with E-state index in [0.717, 1.165) is 21.6 Å². The molecule has 0 atom stereocenters. The summed E-state index contributed by atoms with van der Waals surface area (Å²) in [5.74, 6) is 0.462. The molecule has 0 radical (unpaired) electrons. The Bertz CT molecular complexity index is 1250. The van der Waals surface area contributed by atoms with E-state index < -0.39 is 9.84 Å². The van der Waals surface area contributed by atoms with Gasteiger partial charge >= 0.3 is 0 Å². The molecule has 0 bridgehead atoms. The maximum atomic E-state index is 12.8. The molecule has 5 rings (SSSR count). The third-order valence-corrected chi connectivity index (χ3v) is 7.96. The maximum absolute atomic E-state index is 12.8. The Morgan fingerprint density at radius 3 is 2.89 bits per heavy atom. The van der Waals surface area contributed by atoms with Gasteiger partial charge in [0, 0.05) is 17.6 Å². The molecule has 2 aromatic heterocycles. The number of hydrogen-bond donors (Lipinski definition) is 0. The van der Waals surface area contributed by atoms with E-state index in [9.17, 15) is 8.42 Å². The topological polar surface area (TPSA) is 72.4 Å². The molecule has 0 saturated carbocycles.